The molecule has 166 valence electrons. The molecule has 4 rings (SSSR count). The maximum Gasteiger partial charge on any atom is 0.358 e. The quantitative estimate of drug-likeness (QED) is 0.551. The van der Waals surface area contributed by atoms with E-state index in [2.05, 4.69) is 15.2 Å². The number of carbonyl (C=O) groups excluding carboxylic acids is 2. The summed E-state index contributed by atoms with van der Waals surface area (Å²) in [6, 6.07) is 15.6. The molecule has 1 amide bonds. The molecule has 1 aliphatic rings. The standard InChI is InChI=1S/C24H25N3O4S/c1-17-2-6-19(7-3-17)23-26-21(16-32-23)24(29)31-15-22(28)25-20-8-4-18(5-9-20)14-27-10-12-30-13-11-27/h2-9,16H,10-15H2,1H3,(H,25,28). The predicted molar refractivity (Wildman–Crippen MR) is 124 cm³/mol. The lowest BCUT2D eigenvalue weighted by atomic mass is 10.2. The number of hydrogen-bond acceptors (Lipinski definition) is 7. The monoisotopic (exact) mass is 451 g/mol. The van der Waals surface area contributed by atoms with Crippen molar-refractivity contribution in [1.29, 1.82) is 0 Å². The Balaban J connectivity index is 1.24. The predicted octanol–water partition coefficient (Wildman–Crippen LogP) is 3.75. The van der Waals surface area contributed by atoms with Gasteiger partial charge in [-0.05, 0) is 24.6 Å². The topological polar surface area (TPSA) is 80.8 Å². The van der Waals surface area contributed by atoms with Gasteiger partial charge in [0.15, 0.2) is 12.3 Å². The van der Waals surface area contributed by atoms with Crippen molar-refractivity contribution < 1.29 is 19.1 Å². The SMILES string of the molecule is Cc1ccc(-c2nc(C(=O)OCC(=O)Nc3ccc(CN4CCOCC4)cc3)cs2)cc1. The highest BCUT2D eigenvalue weighted by Gasteiger charge is 2.15. The molecule has 0 atom stereocenters. The second-order valence-corrected chi connectivity index (χ2v) is 8.47. The smallest absolute Gasteiger partial charge is 0.358 e. The molecule has 1 fully saturated rings. The van der Waals surface area contributed by atoms with Gasteiger partial charge in [0.25, 0.3) is 5.91 Å². The average Bonchev–Trinajstić information content (AvgIpc) is 3.30. The number of hydrogen-bond donors (Lipinski definition) is 1. The maximum absolute atomic E-state index is 12.3. The van der Waals surface area contributed by atoms with Gasteiger partial charge in [0.2, 0.25) is 0 Å². The number of morpholine rings is 1. The van der Waals surface area contributed by atoms with Crippen LogP contribution in [0.2, 0.25) is 0 Å². The molecule has 1 saturated heterocycles. The number of nitrogens with zero attached hydrogens (tertiary/aromatic N) is 2. The van der Waals surface area contributed by atoms with Gasteiger partial charge in [0.05, 0.1) is 13.2 Å². The Morgan fingerprint density at radius 3 is 2.53 bits per heavy atom. The minimum atomic E-state index is -0.615. The van der Waals surface area contributed by atoms with Gasteiger partial charge in [0, 0.05) is 36.3 Å². The van der Waals surface area contributed by atoms with Gasteiger partial charge in [-0.15, -0.1) is 11.3 Å². The first-order chi connectivity index (χ1) is 15.6. The Labute approximate surface area is 191 Å². The molecule has 7 nitrogen and oxygen atoms in total. The van der Waals surface area contributed by atoms with Crippen LogP contribution in [0.4, 0.5) is 5.69 Å². The Bertz CT molecular complexity index is 1060. The number of aryl methyl sites for hydroxylation is 1. The van der Waals surface area contributed by atoms with Crippen molar-refractivity contribution in [2.45, 2.75) is 13.5 Å². The first-order valence-electron chi connectivity index (χ1n) is 10.5. The Morgan fingerprint density at radius 2 is 1.81 bits per heavy atom. The summed E-state index contributed by atoms with van der Waals surface area (Å²) in [6.45, 7) is 5.88. The van der Waals surface area contributed by atoms with E-state index in [1.165, 1.54) is 16.9 Å². The number of thiazole rings is 1. The molecule has 0 spiro atoms. The number of ether oxygens (including phenoxy) is 2. The number of aromatic nitrogens is 1. The number of anilines is 1. The number of rotatable bonds is 7. The third-order valence-corrected chi connectivity index (χ3v) is 5.99. The van der Waals surface area contributed by atoms with Crippen LogP contribution in [0.15, 0.2) is 53.9 Å². The zero-order chi connectivity index (χ0) is 22.3. The minimum Gasteiger partial charge on any atom is -0.451 e. The van der Waals surface area contributed by atoms with Crippen molar-refractivity contribution in [3.8, 4) is 10.6 Å². The van der Waals surface area contributed by atoms with Crippen molar-refractivity contribution >= 4 is 28.9 Å². The van der Waals surface area contributed by atoms with Crippen LogP contribution in [0.5, 0.6) is 0 Å². The molecule has 0 radical (unpaired) electrons. The summed E-state index contributed by atoms with van der Waals surface area (Å²) < 4.78 is 10.5. The molecule has 2 heterocycles. The lowest BCUT2D eigenvalue weighted by Crippen LogP contribution is -2.35. The van der Waals surface area contributed by atoms with Gasteiger partial charge in [-0.1, -0.05) is 42.0 Å². The summed E-state index contributed by atoms with van der Waals surface area (Å²) in [6.07, 6.45) is 0. The number of carbonyl (C=O) groups is 2. The average molecular weight is 452 g/mol. The van der Waals surface area contributed by atoms with Crippen LogP contribution in [-0.2, 0) is 20.8 Å². The first kappa shape index (κ1) is 22.1. The van der Waals surface area contributed by atoms with Crippen LogP contribution >= 0.6 is 11.3 Å². The van der Waals surface area contributed by atoms with E-state index in [0.717, 1.165) is 49.0 Å². The van der Waals surface area contributed by atoms with Crippen LogP contribution in [-0.4, -0.2) is 54.7 Å². The summed E-state index contributed by atoms with van der Waals surface area (Å²) in [4.78, 5) is 31.1. The van der Waals surface area contributed by atoms with Gasteiger partial charge >= 0.3 is 5.97 Å². The molecule has 3 aromatic rings. The molecule has 0 saturated carbocycles. The summed E-state index contributed by atoms with van der Waals surface area (Å²) in [5, 5.41) is 5.12. The third kappa shape index (κ3) is 6.00. The lowest BCUT2D eigenvalue weighted by molar-refractivity contribution is -0.119. The molecule has 8 heteroatoms. The molecule has 0 aliphatic carbocycles. The van der Waals surface area contributed by atoms with Crippen LogP contribution in [0.25, 0.3) is 10.6 Å². The summed E-state index contributed by atoms with van der Waals surface area (Å²) in [7, 11) is 0. The third-order valence-electron chi connectivity index (χ3n) is 5.09. The molecule has 0 unspecified atom stereocenters. The number of amides is 1. The van der Waals surface area contributed by atoms with Crippen molar-refractivity contribution in [2.24, 2.45) is 0 Å². The van der Waals surface area contributed by atoms with Gasteiger partial charge < -0.3 is 14.8 Å². The van der Waals surface area contributed by atoms with E-state index in [1.807, 2.05) is 55.5 Å². The van der Waals surface area contributed by atoms with E-state index in [9.17, 15) is 9.59 Å². The zero-order valence-electron chi connectivity index (χ0n) is 17.9. The van der Waals surface area contributed by atoms with E-state index in [0.29, 0.717) is 5.69 Å². The zero-order valence-corrected chi connectivity index (χ0v) is 18.7. The summed E-state index contributed by atoms with van der Waals surface area (Å²) in [5.41, 5.74) is 4.12. The number of nitrogens with one attached hydrogen (secondary N) is 1. The van der Waals surface area contributed by atoms with Gasteiger partial charge in [0.1, 0.15) is 5.01 Å². The first-order valence-corrected chi connectivity index (χ1v) is 11.3. The fourth-order valence-corrected chi connectivity index (χ4v) is 4.10. The Morgan fingerprint density at radius 1 is 1.09 bits per heavy atom. The molecule has 1 N–H and O–H groups in total. The number of esters is 1. The molecular formula is C24H25N3O4S. The van der Waals surface area contributed by atoms with Crippen LogP contribution < -0.4 is 5.32 Å². The lowest BCUT2D eigenvalue weighted by Gasteiger charge is -2.26. The van der Waals surface area contributed by atoms with E-state index in [4.69, 9.17) is 9.47 Å². The highest BCUT2D eigenvalue weighted by atomic mass is 32.1. The molecule has 0 bridgehead atoms. The normalized spacial score (nSPS) is 14.2. The minimum absolute atomic E-state index is 0.200. The Kier molecular flexibility index (Phi) is 7.26. The molecule has 2 aromatic carbocycles. The van der Waals surface area contributed by atoms with Gasteiger partial charge in [-0.3, -0.25) is 9.69 Å². The highest BCUT2D eigenvalue weighted by Crippen LogP contribution is 2.24. The fraction of sp³-hybridized carbons (Fsp3) is 0.292. The van der Waals surface area contributed by atoms with E-state index in [1.54, 1.807) is 5.38 Å². The van der Waals surface area contributed by atoms with E-state index >= 15 is 0 Å². The maximum atomic E-state index is 12.3. The van der Waals surface area contributed by atoms with Crippen molar-refractivity contribution in [1.82, 2.24) is 9.88 Å². The number of benzene rings is 2. The van der Waals surface area contributed by atoms with Crippen LogP contribution in [0, 0.1) is 6.92 Å². The van der Waals surface area contributed by atoms with Crippen LogP contribution in [0.1, 0.15) is 21.6 Å². The fourth-order valence-electron chi connectivity index (χ4n) is 3.31. The molecule has 32 heavy (non-hydrogen) atoms. The van der Waals surface area contributed by atoms with Crippen molar-refractivity contribution in [3.05, 3.63) is 70.7 Å². The van der Waals surface area contributed by atoms with Gasteiger partial charge in [-0.2, -0.15) is 0 Å². The van der Waals surface area contributed by atoms with E-state index in [-0.39, 0.29) is 12.3 Å². The molecule has 1 aliphatic heterocycles. The largest absolute Gasteiger partial charge is 0.451 e. The van der Waals surface area contributed by atoms with Crippen molar-refractivity contribution in [2.75, 3.05) is 38.2 Å². The van der Waals surface area contributed by atoms with Crippen LogP contribution in [0.3, 0.4) is 0 Å². The Hall–Kier alpha value is -3.07. The van der Waals surface area contributed by atoms with Crippen molar-refractivity contribution in [3.63, 3.8) is 0 Å². The second kappa shape index (κ2) is 10.5. The molecular weight excluding hydrogens is 426 g/mol. The van der Waals surface area contributed by atoms with E-state index < -0.39 is 11.9 Å². The second-order valence-electron chi connectivity index (χ2n) is 7.61. The summed E-state index contributed by atoms with van der Waals surface area (Å²) in [5.74, 6) is -1.01. The molecule has 1 aromatic heterocycles. The summed E-state index contributed by atoms with van der Waals surface area (Å²) >= 11 is 1.36. The highest BCUT2D eigenvalue weighted by molar-refractivity contribution is 7.13. The van der Waals surface area contributed by atoms with Gasteiger partial charge in [-0.25, -0.2) is 9.78 Å².